The maximum Gasteiger partial charge on any atom is 0.222 e. The molecule has 1 saturated heterocycles. The lowest BCUT2D eigenvalue weighted by molar-refractivity contribution is -0.130. The summed E-state index contributed by atoms with van der Waals surface area (Å²) in [7, 11) is 0. The Morgan fingerprint density at radius 3 is 3.00 bits per heavy atom. The molecule has 2 N–H and O–H groups in total. The van der Waals surface area contributed by atoms with Crippen molar-refractivity contribution < 1.29 is 9.90 Å². The van der Waals surface area contributed by atoms with E-state index in [0.29, 0.717) is 12.3 Å². The molecule has 138 valence electrons. The zero-order chi connectivity index (χ0) is 17.4. The predicted octanol–water partition coefficient (Wildman–Crippen LogP) is 2.62. The smallest absolute Gasteiger partial charge is 0.222 e. The predicted molar refractivity (Wildman–Crippen MR) is 96.2 cm³/mol. The summed E-state index contributed by atoms with van der Waals surface area (Å²) in [4.78, 5) is 14.8. The number of aromatic nitrogens is 2. The summed E-state index contributed by atoms with van der Waals surface area (Å²) in [5.74, 6) is 0.995. The van der Waals surface area contributed by atoms with E-state index in [1.165, 1.54) is 24.1 Å². The van der Waals surface area contributed by atoms with Crippen molar-refractivity contribution in [3.05, 3.63) is 17.0 Å². The average molecular weight is 345 g/mol. The minimum absolute atomic E-state index is 0.236. The van der Waals surface area contributed by atoms with Gasteiger partial charge in [-0.1, -0.05) is 13.3 Å². The molecule has 25 heavy (non-hydrogen) atoms. The van der Waals surface area contributed by atoms with Crippen LogP contribution in [0.1, 0.15) is 68.8 Å². The summed E-state index contributed by atoms with van der Waals surface area (Å²) in [5, 5.41) is 18.5. The highest BCUT2D eigenvalue weighted by molar-refractivity contribution is 5.76. The van der Waals surface area contributed by atoms with Crippen LogP contribution in [0.2, 0.25) is 0 Å². The minimum atomic E-state index is -0.556. The first-order chi connectivity index (χ1) is 12.1. The third-order valence-corrected chi connectivity index (χ3v) is 7.00. The lowest BCUT2D eigenvalue weighted by atomic mass is 9.69. The van der Waals surface area contributed by atoms with Crippen molar-refractivity contribution in [2.24, 2.45) is 11.8 Å². The van der Waals surface area contributed by atoms with Crippen molar-refractivity contribution in [2.45, 2.75) is 76.7 Å². The van der Waals surface area contributed by atoms with Gasteiger partial charge in [0.2, 0.25) is 5.91 Å². The molecule has 4 rings (SSSR count). The molecule has 2 heterocycles. The second-order valence-electron chi connectivity index (χ2n) is 8.35. The van der Waals surface area contributed by atoms with Gasteiger partial charge in [-0.05, 0) is 56.4 Å². The van der Waals surface area contributed by atoms with Gasteiger partial charge >= 0.3 is 0 Å². The first-order valence-electron chi connectivity index (χ1n) is 10.2. The highest BCUT2D eigenvalue weighted by Gasteiger charge is 2.48. The Balaban J connectivity index is 1.37. The van der Waals surface area contributed by atoms with Crippen LogP contribution in [-0.4, -0.2) is 44.8 Å². The molecule has 0 bridgehead atoms. The lowest BCUT2D eigenvalue weighted by Crippen LogP contribution is -2.44. The van der Waals surface area contributed by atoms with Crippen LogP contribution in [0.5, 0.6) is 0 Å². The number of hydrogen-bond acceptors (Lipinski definition) is 3. The van der Waals surface area contributed by atoms with Gasteiger partial charge in [0.05, 0.1) is 11.3 Å². The van der Waals surface area contributed by atoms with Gasteiger partial charge in [0, 0.05) is 37.5 Å². The zero-order valence-corrected chi connectivity index (χ0v) is 15.4. The third-order valence-electron chi connectivity index (χ3n) is 7.00. The number of aryl methyl sites for hydroxylation is 2. The van der Waals surface area contributed by atoms with Crippen molar-refractivity contribution in [3.8, 4) is 0 Å². The molecule has 0 radical (unpaired) electrons. The number of fused-ring (bicyclic) bond motifs is 2. The molecule has 2 aliphatic carbocycles. The van der Waals surface area contributed by atoms with Gasteiger partial charge in [-0.25, -0.2) is 0 Å². The number of hydrogen-bond donors (Lipinski definition) is 2. The number of aromatic amines is 1. The number of likely N-dealkylation sites (tertiary alicyclic amines) is 1. The highest BCUT2D eigenvalue weighted by Crippen LogP contribution is 2.44. The van der Waals surface area contributed by atoms with E-state index in [9.17, 15) is 9.90 Å². The van der Waals surface area contributed by atoms with E-state index >= 15 is 0 Å². The summed E-state index contributed by atoms with van der Waals surface area (Å²) >= 11 is 0. The first kappa shape index (κ1) is 17.1. The van der Waals surface area contributed by atoms with Crippen LogP contribution < -0.4 is 0 Å². The Kier molecular flexibility index (Phi) is 4.61. The first-order valence-corrected chi connectivity index (χ1v) is 10.2. The summed E-state index contributed by atoms with van der Waals surface area (Å²) in [6.45, 7) is 3.66. The minimum Gasteiger partial charge on any atom is -0.390 e. The maximum atomic E-state index is 12.8. The fourth-order valence-corrected chi connectivity index (χ4v) is 5.41. The summed E-state index contributed by atoms with van der Waals surface area (Å²) in [5.41, 5.74) is 3.20. The van der Waals surface area contributed by atoms with E-state index in [4.69, 9.17) is 0 Å². The van der Waals surface area contributed by atoms with Crippen molar-refractivity contribution in [1.29, 1.82) is 0 Å². The fourth-order valence-electron chi connectivity index (χ4n) is 5.41. The molecule has 0 unspecified atom stereocenters. The van der Waals surface area contributed by atoms with E-state index in [0.717, 1.165) is 63.7 Å². The topological polar surface area (TPSA) is 69.2 Å². The van der Waals surface area contributed by atoms with Crippen LogP contribution in [0.15, 0.2) is 0 Å². The van der Waals surface area contributed by atoms with Gasteiger partial charge < -0.3 is 10.0 Å². The van der Waals surface area contributed by atoms with Gasteiger partial charge in [0.15, 0.2) is 0 Å². The van der Waals surface area contributed by atoms with Crippen LogP contribution in [0.25, 0.3) is 0 Å². The van der Waals surface area contributed by atoms with Crippen LogP contribution in [0.3, 0.4) is 0 Å². The Morgan fingerprint density at radius 1 is 1.32 bits per heavy atom. The van der Waals surface area contributed by atoms with Crippen LogP contribution in [0, 0.1) is 11.8 Å². The van der Waals surface area contributed by atoms with E-state index < -0.39 is 5.60 Å². The molecule has 1 aliphatic heterocycles. The summed E-state index contributed by atoms with van der Waals surface area (Å²) in [6, 6.07) is 0. The van der Waals surface area contributed by atoms with Crippen LogP contribution in [0.4, 0.5) is 0 Å². The molecule has 1 saturated carbocycles. The molecule has 5 nitrogen and oxygen atoms in total. The van der Waals surface area contributed by atoms with Crippen molar-refractivity contribution in [2.75, 3.05) is 13.1 Å². The second-order valence-corrected chi connectivity index (χ2v) is 8.35. The Bertz CT molecular complexity index is 641. The maximum absolute atomic E-state index is 12.8. The molecular weight excluding hydrogens is 314 g/mol. The molecule has 0 spiro atoms. The molecule has 5 heteroatoms. The molecule has 2 fully saturated rings. The largest absolute Gasteiger partial charge is 0.390 e. The summed E-state index contributed by atoms with van der Waals surface area (Å²) in [6.07, 6.45) is 9.91. The molecular formula is C20H31N3O2. The molecule has 1 aromatic heterocycles. The molecule has 3 atom stereocenters. The molecule has 1 amide bonds. The number of amides is 1. The number of carbonyl (C=O) groups excluding carboxylic acids is 1. The van der Waals surface area contributed by atoms with Gasteiger partial charge in [0.1, 0.15) is 0 Å². The lowest BCUT2D eigenvalue weighted by Gasteiger charge is -2.40. The van der Waals surface area contributed by atoms with Gasteiger partial charge in [-0.2, -0.15) is 5.10 Å². The van der Waals surface area contributed by atoms with Gasteiger partial charge in [-0.15, -0.1) is 0 Å². The molecule has 0 aromatic carbocycles. The highest BCUT2D eigenvalue weighted by atomic mass is 16.3. The molecule has 1 aromatic rings. The van der Waals surface area contributed by atoms with E-state index in [-0.39, 0.29) is 11.8 Å². The number of carbonyl (C=O) groups is 1. The van der Waals surface area contributed by atoms with Crippen molar-refractivity contribution >= 4 is 5.91 Å². The van der Waals surface area contributed by atoms with Gasteiger partial charge in [0.25, 0.3) is 0 Å². The molecule has 3 aliphatic rings. The zero-order valence-electron chi connectivity index (χ0n) is 15.4. The standard InChI is InChI=1S/C20H31N3O2/c1-2-20(25)11-5-6-14-12-23(13-16(14)20)19(24)10-9-18-15-7-3-4-8-17(15)21-22-18/h14,16,25H,2-13H2,1H3,(H,21,22)/t14-,16+,20-/m0/s1. The quantitative estimate of drug-likeness (QED) is 0.881. The Hall–Kier alpha value is -1.36. The third kappa shape index (κ3) is 3.12. The van der Waals surface area contributed by atoms with Crippen molar-refractivity contribution in [3.63, 3.8) is 0 Å². The monoisotopic (exact) mass is 345 g/mol. The van der Waals surface area contributed by atoms with Crippen molar-refractivity contribution in [1.82, 2.24) is 15.1 Å². The second kappa shape index (κ2) is 6.75. The van der Waals surface area contributed by atoms with Gasteiger partial charge in [-0.3, -0.25) is 9.89 Å². The fraction of sp³-hybridized carbons (Fsp3) is 0.800. The summed E-state index contributed by atoms with van der Waals surface area (Å²) < 4.78 is 0. The van der Waals surface area contributed by atoms with Crippen LogP contribution >= 0.6 is 0 Å². The normalized spacial score (nSPS) is 31.7. The number of nitrogens with one attached hydrogen (secondary N) is 1. The Morgan fingerprint density at radius 2 is 2.16 bits per heavy atom. The van der Waals surface area contributed by atoms with E-state index in [1.807, 2.05) is 4.90 Å². The average Bonchev–Trinajstić information content (AvgIpc) is 3.25. The SMILES string of the molecule is CC[C@]1(O)CCC[C@H]2CN(C(=O)CCc3n[nH]c4c3CCCC4)C[C@H]21. The number of nitrogens with zero attached hydrogens (tertiary/aromatic N) is 2. The number of rotatable bonds is 4. The number of H-pyrrole nitrogens is 1. The number of aliphatic hydroxyl groups is 1. The Labute approximate surface area is 150 Å². The van der Waals surface area contributed by atoms with Crippen LogP contribution in [-0.2, 0) is 24.1 Å². The van der Waals surface area contributed by atoms with E-state index in [2.05, 4.69) is 17.1 Å². The van der Waals surface area contributed by atoms with E-state index in [1.54, 1.807) is 0 Å².